The fraction of sp³-hybridized carbons (Fsp3) is 0.654. The van der Waals surface area contributed by atoms with E-state index in [1.165, 1.54) is 0 Å². The second-order valence-corrected chi connectivity index (χ2v) is 10.5. The van der Waals surface area contributed by atoms with Crippen molar-refractivity contribution < 1.29 is 29.2 Å². The molecule has 1 aromatic rings. The molecule has 6 nitrogen and oxygen atoms in total. The fourth-order valence-electron chi connectivity index (χ4n) is 4.91. The lowest BCUT2D eigenvalue weighted by molar-refractivity contribution is -0.147. The number of carbonyl (C=O) groups is 1. The van der Waals surface area contributed by atoms with Gasteiger partial charge in [-0.3, -0.25) is 4.79 Å². The van der Waals surface area contributed by atoms with E-state index in [1.54, 1.807) is 24.3 Å². The second-order valence-electron chi connectivity index (χ2n) is 9.66. The highest BCUT2D eigenvalue weighted by molar-refractivity contribution is 6.34. The molecule has 2 aliphatic rings. The molecule has 0 spiro atoms. The van der Waals surface area contributed by atoms with Crippen molar-refractivity contribution in [3.8, 4) is 5.75 Å². The third-order valence-electron chi connectivity index (χ3n) is 6.52. The molecule has 0 aromatic heterocycles. The van der Waals surface area contributed by atoms with Crippen molar-refractivity contribution in [2.75, 3.05) is 13.2 Å². The number of esters is 1. The minimum atomic E-state index is -0.825. The molecule has 190 valence electrons. The Morgan fingerprint density at radius 1 is 1.24 bits per heavy atom. The number of benzene rings is 1. The van der Waals surface area contributed by atoms with Crippen molar-refractivity contribution in [1.82, 2.24) is 0 Å². The van der Waals surface area contributed by atoms with Crippen molar-refractivity contribution in [3.05, 3.63) is 40.4 Å². The highest BCUT2D eigenvalue weighted by atomic mass is 35.5. The van der Waals surface area contributed by atoms with Gasteiger partial charge in [-0.2, -0.15) is 0 Å². The van der Waals surface area contributed by atoms with Gasteiger partial charge in [0.05, 0.1) is 18.3 Å². The number of rotatable bonds is 10. The van der Waals surface area contributed by atoms with E-state index in [9.17, 15) is 15.0 Å². The zero-order valence-electron chi connectivity index (χ0n) is 19.9. The Morgan fingerprint density at radius 3 is 2.68 bits per heavy atom. The van der Waals surface area contributed by atoms with Crippen molar-refractivity contribution >= 4 is 29.2 Å². The Hall–Kier alpha value is -1.31. The Kier molecular flexibility index (Phi) is 10.5. The normalized spacial score (nSPS) is 28.0. The molecule has 1 heterocycles. The van der Waals surface area contributed by atoms with Gasteiger partial charge in [0, 0.05) is 35.4 Å². The Morgan fingerprint density at radius 2 is 1.97 bits per heavy atom. The number of hydrogen-bond donors (Lipinski definition) is 2. The van der Waals surface area contributed by atoms with Gasteiger partial charge in [0.25, 0.3) is 0 Å². The minimum Gasteiger partial charge on any atom is -0.490 e. The molecule has 1 saturated carbocycles. The van der Waals surface area contributed by atoms with E-state index in [4.69, 9.17) is 37.4 Å². The summed E-state index contributed by atoms with van der Waals surface area (Å²) in [4.78, 5) is 11.8. The lowest BCUT2D eigenvalue weighted by Crippen LogP contribution is -2.22. The zero-order chi connectivity index (χ0) is 24.7. The molecule has 0 amide bonds. The molecule has 8 heteroatoms. The van der Waals surface area contributed by atoms with Gasteiger partial charge in [-0.05, 0) is 69.6 Å². The number of ether oxygens (including phenoxy) is 3. The predicted octanol–water partition coefficient (Wildman–Crippen LogP) is 5.20. The van der Waals surface area contributed by atoms with Crippen LogP contribution in [0, 0.1) is 17.8 Å². The average Bonchev–Trinajstić information content (AvgIpc) is 2.91. The minimum absolute atomic E-state index is 0.0163. The summed E-state index contributed by atoms with van der Waals surface area (Å²) in [6.07, 6.45) is 6.92. The van der Waals surface area contributed by atoms with Crippen LogP contribution in [0.5, 0.6) is 5.75 Å². The molecule has 1 saturated heterocycles. The molecule has 1 aromatic carbocycles. The molecule has 3 rings (SSSR count). The molecule has 0 unspecified atom stereocenters. The van der Waals surface area contributed by atoms with Crippen LogP contribution in [-0.2, 0) is 14.3 Å². The van der Waals surface area contributed by atoms with Gasteiger partial charge in [0.2, 0.25) is 0 Å². The molecule has 2 N–H and O–H groups in total. The number of aliphatic hydroxyl groups is 2. The van der Waals surface area contributed by atoms with Gasteiger partial charge in [-0.25, -0.2) is 0 Å². The summed E-state index contributed by atoms with van der Waals surface area (Å²) in [5.74, 6) is 0.895. The number of carbonyl (C=O) groups excluding carboxylic acids is 1. The van der Waals surface area contributed by atoms with Crippen LogP contribution >= 0.6 is 23.2 Å². The van der Waals surface area contributed by atoms with Crippen molar-refractivity contribution in [2.24, 2.45) is 17.8 Å². The smallest absolute Gasteiger partial charge is 0.306 e. The van der Waals surface area contributed by atoms with Gasteiger partial charge < -0.3 is 24.4 Å². The quantitative estimate of drug-likeness (QED) is 0.329. The maximum absolute atomic E-state index is 11.8. The first-order valence-corrected chi connectivity index (χ1v) is 12.9. The van der Waals surface area contributed by atoms with Gasteiger partial charge in [0.15, 0.2) is 0 Å². The largest absolute Gasteiger partial charge is 0.490 e. The van der Waals surface area contributed by atoms with E-state index >= 15 is 0 Å². The first kappa shape index (κ1) is 27.3. The van der Waals surface area contributed by atoms with Crippen LogP contribution in [0.3, 0.4) is 0 Å². The Labute approximate surface area is 212 Å². The molecule has 1 aliphatic heterocycles. The SMILES string of the molecule is CC(C)OC(=O)CCC[C@H]1CC[C@@H]2[C@@H](C=C[C@@H](O)COc3cc(Cl)cc(Cl)c3)[C@H](O)C[C@@H]2OC1. The summed E-state index contributed by atoms with van der Waals surface area (Å²) >= 11 is 12.0. The lowest BCUT2D eigenvalue weighted by Gasteiger charge is -2.21. The molecule has 0 bridgehead atoms. The Balaban J connectivity index is 1.46. The monoisotopic (exact) mass is 514 g/mol. The van der Waals surface area contributed by atoms with Crippen LogP contribution in [0.2, 0.25) is 10.0 Å². The van der Waals surface area contributed by atoms with E-state index < -0.39 is 12.2 Å². The third kappa shape index (κ3) is 8.42. The van der Waals surface area contributed by atoms with E-state index in [0.717, 1.165) is 25.7 Å². The molecular weight excluding hydrogens is 479 g/mol. The molecular formula is C26H36Cl2O6. The number of halogens is 2. The highest BCUT2D eigenvalue weighted by Gasteiger charge is 2.43. The standard InChI is InChI=1S/C26H36Cl2O6/c1-16(2)34-26(31)5-3-4-17-6-8-23-22(24(30)13-25(23)33-14-17)9-7-20(29)15-32-21-11-18(27)10-19(28)12-21/h7,9-12,16-17,20,22-25,29-30H,3-6,8,13-15H2,1-2H3/t17-,20+,22+,23+,24+,25-/m0/s1. The van der Waals surface area contributed by atoms with E-state index in [2.05, 4.69) is 0 Å². The highest BCUT2D eigenvalue weighted by Crippen LogP contribution is 2.42. The molecule has 34 heavy (non-hydrogen) atoms. The first-order chi connectivity index (χ1) is 16.2. The van der Waals surface area contributed by atoms with Crippen LogP contribution in [-0.4, -0.2) is 53.8 Å². The summed E-state index contributed by atoms with van der Waals surface area (Å²) in [5.41, 5.74) is 0. The summed E-state index contributed by atoms with van der Waals surface area (Å²) in [5, 5.41) is 21.9. The van der Waals surface area contributed by atoms with Crippen molar-refractivity contribution in [2.45, 2.75) is 76.8 Å². The average molecular weight is 515 g/mol. The topological polar surface area (TPSA) is 85.2 Å². The Bertz CT molecular complexity index is 809. The molecule has 6 atom stereocenters. The van der Waals surface area contributed by atoms with Crippen LogP contribution < -0.4 is 4.74 Å². The van der Waals surface area contributed by atoms with E-state index in [-0.39, 0.29) is 36.6 Å². The van der Waals surface area contributed by atoms with E-state index in [0.29, 0.717) is 41.2 Å². The lowest BCUT2D eigenvalue weighted by atomic mass is 9.86. The van der Waals surface area contributed by atoms with Crippen LogP contribution in [0.25, 0.3) is 0 Å². The number of hydrogen-bond acceptors (Lipinski definition) is 6. The van der Waals surface area contributed by atoms with E-state index in [1.807, 2.05) is 19.9 Å². The van der Waals surface area contributed by atoms with Gasteiger partial charge >= 0.3 is 5.97 Å². The third-order valence-corrected chi connectivity index (χ3v) is 6.95. The van der Waals surface area contributed by atoms with Gasteiger partial charge in [-0.1, -0.05) is 35.4 Å². The second kappa shape index (κ2) is 13.1. The first-order valence-electron chi connectivity index (χ1n) is 12.2. The van der Waals surface area contributed by atoms with Crippen LogP contribution in [0.15, 0.2) is 30.4 Å². The van der Waals surface area contributed by atoms with Gasteiger partial charge in [-0.15, -0.1) is 0 Å². The zero-order valence-corrected chi connectivity index (χ0v) is 21.4. The summed E-state index contributed by atoms with van der Waals surface area (Å²) in [7, 11) is 0. The summed E-state index contributed by atoms with van der Waals surface area (Å²) in [6.45, 7) is 4.43. The van der Waals surface area contributed by atoms with Crippen LogP contribution in [0.1, 0.15) is 52.4 Å². The molecule has 2 fully saturated rings. The van der Waals surface area contributed by atoms with Crippen molar-refractivity contribution in [1.29, 1.82) is 0 Å². The maximum Gasteiger partial charge on any atom is 0.306 e. The molecule has 0 radical (unpaired) electrons. The summed E-state index contributed by atoms with van der Waals surface area (Å²) in [6, 6.07) is 4.90. The van der Waals surface area contributed by atoms with Crippen molar-refractivity contribution in [3.63, 3.8) is 0 Å². The predicted molar refractivity (Wildman–Crippen MR) is 132 cm³/mol. The fourth-order valence-corrected chi connectivity index (χ4v) is 5.41. The molecule has 1 aliphatic carbocycles. The maximum atomic E-state index is 11.8. The number of fused-ring (bicyclic) bond motifs is 1. The van der Waals surface area contributed by atoms with Crippen LogP contribution in [0.4, 0.5) is 0 Å². The number of aliphatic hydroxyl groups excluding tert-OH is 2. The summed E-state index contributed by atoms with van der Waals surface area (Å²) < 4.78 is 17.0. The van der Waals surface area contributed by atoms with Gasteiger partial charge in [0.1, 0.15) is 18.5 Å².